The Bertz CT molecular complexity index is 968. The number of thiophene rings is 1. The lowest BCUT2D eigenvalue weighted by Gasteiger charge is -2.12. The number of ether oxygens (including phenoxy) is 2. The molecule has 1 amide bonds. The van der Waals surface area contributed by atoms with Crippen LogP contribution >= 0.6 is 23.1 Å². The summed E-state index contributed by atoms with van der Waals surface area (Å²) in [6, 6.07) is 9.77. The molecule has 0 unspecified atom stereocenters. The summed E-state index contributed by atoms with van der Waals surface area (Å²) in [5.74, 6) is 2.21. The molecular formula is C19H20N4O3S2. The highest BCUT2D eigenvalue weighted by molar-refractivity contribution is 7.99. The Morgan fingerprint density at radius 1 is 1.29 bits per heavy atom. The van der Waals surface area contributed by atoms with Crippen molar-refractivity contribution in [3.63, 3.8) is 0 Å². The van der Waals surface area contributed by atoms with Crippen LogP contribution in [0.1, 0.15) is 18.9 Å². The van der Waals surface area contributed by atoms with Gasteiger partial charge in [-0.05, 0) is 36.4 Å². The highest BCUT2D eigenvalue weighted by Crippen LogP contribution is 2.41. The van der Waals surface area contributed by atoms with E-state index < -0.39 is 0 Å². The van der Waals surface area contributed by atoms with Gasteiger partial charge in [-0.25, -0.2) is 0 Å². The summed E-state index contributed by atoms with van der Waals surface area (Å²) in [4.78, 5) is 13.6. The van der Waals surface area contributed by atoms with Crippen molar-refractivity contribution >= 4 is 34.7 Å². The molecule has 1 aromatic carbocycles. The number of thioether (sulfide) groups is 1. The van der Waals surface area contributed by atoms with Crippen LogP contribution in [0.25, 0.3) is 10.7 Å². The maximum atomic E-state index is 12.5. The van der Waals surface area contributed by atoms with E-state index in [-0.39, 0.29) is 11.7 Å². The predicted octanol–water partition coefficient (Wildman–Crippen LogP) is 4.09. The fourth-order valence-electron chi connectivity index (χ4n) is 2.84. The van der Waals surface area contributed by atoms with Crippen LogP contribution in [0.2, 0.25) is 0 Å². The van der Waals surface area contributed by atoms with E-state index in [1.54, 1.807) is 43.8 Å². The standard InChI is InChI=1S/C19H20N4O3S2/c1-25-13-7-8-15(26-2)14(10-13)20-17(24)11-28-19-22-21-18(16-4-3-9-27-16)23(19)12-5-6-12/h3-4,7-10,12H,5-6,11H2,1-2H3,(H,20,24). The average molecular weight is 417 g/mol. The van der Waals surface area contributed by atoms with Gasteiger partial charge in [0.1, 0.15) is 11.5 Å². The van der Waals surface area contributed by atoms with Crippen LogP contribution in [0.4, 0.5) is 5.69 Å². The second kappa shape index (κ2) is 8.24. The SMILES string of the molecule is COc1ccc(OC)c(NC(=O)CSc2nnc(-c3cccs3)n2C2CC2)c1. The smallest absolute Gasteiger partial charge is 0.234 e. The largest absolute Gasteiger partial charge is 0.497 e. The van der Waals surface area contributed by atoms with Crippen molar-refractivity contribution < 1.29 is 14.3 Å². The third-order valence-electron chi connectivity index (χ3n) is 4.33. The number of hydrogen-bond donors (Lipinski definition) is 1. The van der Waals surface area contributed by atoms with Crippen LogP contribution in [0.15, 0.2) is 40.9 Å². The first kappa shape index (κ1) is 18.8. The minimum Gasteiger partial charge on any atom is -0.497 e. The molecule has 28 heavy (non-hydrogen) atoms. The maximum absolute atomic E-state index is 12.5. The number of aromatic nitrogens is 3. The highest BCUT2D eigenvalue weighted by Gasteiger charge is 2.30. The summed E-state index contributed by atoms with van der Waals surface area (Å²) in [6.07, 6.45) is 2.24. The Morgan fingerprint density at radius 3 is 2.82 bits per heavy atom. The third-order valence-corrected chi connectivity index (χ3v) is 6.14. The quantitative estimate of drug-likeness (QED) is 0.557. The molecule has 1 fully saturated rings. The van der Waals surface area contributed by atoms with Gasteiger partial charge in [0.05, 0.1) is 30.5 Å². The molecule has 146 valence electrons. The van der Waals surface area contributed by atoms with Gasteiger partial charge in [-0.2, -0.15) is 0 Å². The zero-order valence-corrected chi connectivity index (χ0v) is 17.2. The molecule has 4 rings (SSSR count). The molecule has 0 aliphatic heterocycles. The Labute approximate surface area is 171 Å². The summed E-state index contributed by atoms with van der Waals surface area (Å²) in [5.41, 5.74) is 0.579. The van der Waals surface area contributed by atoms with Gasteiger partial charge in [0.2, 0.25) is 5.91 Å². The first-order chi connectivity index (χ1) is 13.7. The van der Waals surface area contributed by atoms with E-state index in [4.69, 9.17) is 9.47 Å². The molecule has 2 heterocycles. The molecule has 9 heteroatoms. The van der Waals surface area contributed by atoms with Crippen molar-refractivity contribution in [2.75, 3.05) is 25.3 Å². The summed E-state index contributed by atoms with van der Waals surface area (Å²) in [7, 11) is 3.15. The van der Waals surface area contributed by atoms with E-state index in [1.165, 1.54) is 11.8 Å². The monoisotopic (exact) mass is 416 g/mol. The third kappa shape index (κ3) is 4.00. The number of hydrogen-bond acceptors (Lipinski definition) is 7. The van der Waals surface area contributed by atoms with Crippen LogP contribution in [0.3, 0.4) is 0 Å². The van der Waals surface area contributed by atoms with Gasteiger partial charge < -0.3 is 14.8 Å². The molecule has 0 radical (unpaired) electrons. The second-order valence-electron chi connectivity index (χ2n) is 6.29. The minimum absolute atomic E-state index is 0.139. The van der Waals surface area contributed by atoms with Crippen LogP contribution in [-0.2, 0) is 4.79 Å². The lowest BCUT2D eigenvalue weighted by molar-refractivity contribution is -0.113. The summed E-state index contributed by atoms with van der Waals surface area (Å²) in [5, 5.41) is 14.4. The normalized spacial score (nSPS) is 13.4. The number of carbonyl (C=O) groups is 1. The van der Waals surface area contributed by atoms with Gasteiger partial charge in [-0.1, -0.05) is 17.8 Å². The second-order valence-corrected chi connectivity index (χ2v) is 8.18. The number of amides is 1. The number of anilines is 1. The molecular weight excluding hydrogens is 396 g/mol. The molecule has 1 saturated carbocycles. The lowest BCUT2D eigenvalue weighted by Crippen LogP contribution is -2.15. The molecule has 0 bridgehead atoms. The van der Waals surface area contributed by atoms with Gasteiger partial charge in [0, 0.05) is 12.1 Å². The number of benzene rings is 1. The molecule has 1 aliphatic carbocycles. The molecule has 0 spiro atoms. The van der Waals surface area contributed by atoms with E-state index in [0.717, 1.165) is 28.7 Å². The van der Waals surface area contributed by atoms with Crippen molar-refractivity contribution in [3.8, 4) is 22.2 Å². The zero-order valence-electron chi connectivity index (χ0n) is 15.5. The van der Waals surface area contributed by atoms with Gasteiger partial charge in [0.15, 0.2) is 11.0 Å². The lowest BCUT2D eigenvalue weighted by atomic mass is 10.2. The highest BCUT2D eigenvalue weighted by atomic mass is 32.2. The number of rotatable bonds is 8. The van der Waals surface area contributed by atoms with Gasteiger partial charge in [-0.15, -0.1) is 21.5 Å². The van der Waals surface area contributed by atoms with Gasteiger partial charge >= 0.3 is 0 Å². The van der Waals surface area contributed by atoms with E-state index in [0.29, 0.717) is 23.2 Å². The minimum atomic E-state index is -0.139. The van der Waals surface area contributed by atoms with Crippen molar-refractivity contribution in [1.82, 2.24) is 14.8 Å². The van der Waals surface area contributed by atoms with Crippen molar-refractivity contribution in [2.45, 2.75) is 24.0 Å². The summed E-state index contributed by atoms with van der Waals surface area (Å²) in [6.45, 7) is 0. The number of nitrogens with zero attached hydrogens (tertiary/aromatic N) is 3. The first-order valence-electron chi connectivity index (χ1n) is 8.83. The Kier molecular flexibility index (Phi) is 5.54. The molecule has 0 atom stereocenters. The van der Waals surface area contributed by atoms with Gasteiger partial charge in [-0.3, -0.25) is 9.36 Å². The number of nitrogens with one attached hydrogen (secondary N) is 1. The molecule has 0 saturated heterocycles. The van der Waals surface area contributed by atoms with E-state index in [2.05, 4.69) is 20.1 Å². The van der Waals surface area contributed by atoms with Crippen LogP contribution < -0.4 is 14.8 Å². The van der Waals surface area contributed by atoms with Crippen LogP contribution in [-0.4, -0.2) is 40.6 Å². The van der Waals surface area contributed by atoms with Crippen molar-refractivity contribution in [2.24, 2.45) is 0 Å². The Morgan fingerprint density at radius 2 is 2.14 bits per heavy atom. The molecule has 2 aromatic heterocycles. The Hall–Kier alpha value is -2.52. The predicted molar refractivity (Wildman–Crippen MR) is 111 cm³/mol. The fourth-order valence-corrected chi connectivity index (χ4v) is 4.35. The van der Waals surface area contributed by atoms with E-state index in [9.17, 15) is 4.79 Å². The van der Waals surface area contributed by atoms with Crippen molar-refractivity contribution in [1.29, 1.82) is 0 Å². The van der Waals surface area contributed by atoms with Gasteiger partial charge in [0.25, 0.3) is 0 Å². The average Bonchev–Trinajstić information content (AvgIpc) is 3.23. The summed E-state index contributed by atoms with van der Waals surface area (Å²) < 4.78 is 12.7. The number of methoxy groups -OCH3 is 2. The van der Waals surface area contributed by atoms with Crippen LogP contribution in [0.5, 0.6) is 11.5 Å². The van der Waals surface area contributed by atoms with E-state index in [1.807, 2.05) is 17.5 Å². The zero-order chi connectivity index (χ0) is 19.5. The first-order valence-corrected chi connectivity index (χ1v) is 10.7. The maximum Gasteiger partial charge on any atom is 0.234 e. The topological polar surface area (TPSA) is 78.3 Å². The molecule has 3 aromatic rings. The summed E-state index contributed by atoms with van der Waals surface area (Å²) >= 11 is 3.04. The number of carbonyl (C=O) groups excluding carboxylic acids is 1. The van der Waals surface area contributed by atoms with Crippen LogP contribution in [0, 0.1) is 0 Å². The Balaban J connectivity index is 1.46. The van der Waals surface area contributed by atoms with E-state index >= 15 is 0 Å². The van der Waals surface area contributed by atoms with Crippen molar-refractivity contribution in [3.05, 3.63) is 35.7 Å². The molecule has 7 nitrogen and oxygen atoms in total. The molecule has 1 aliphatic rings. The molecule has 1 N–H and O–H groups in total. The fraction of sp³-hybridized carbons (Fsp3) is 0.316.